The molecule has 0 bridgehead atoms. The van der Waals surface area contributed by atoms with Crippen LogP contribution in [0.4, 0.5) is 4.39 Å². The van der Waals surface area contributed by atoms with Gasteiger partial charge < -0.3 is 14.6 Å². The SMILES string of the molecule is COC(=O)C(C)(C)COc1cc(F)cc(C(=O)O)c1. The van der Waals surface area contributed by atoms with Crippen LogP contribution in [0.2, 0.25) is 0 Å². The van der Waals surface area contributed by atoms with Crippen molar-refractivity contribution in [2.24, 2.45) is 5.41 Å². The monoisotopic (exact) mass is 270 g/mol. The molecule has 0 saturated carbocycles. The number of ether oxygens (including phenoxy) is 2. The van der Waals surface area contributed by atoms with E-state index in [-0.39, 0.29) is 17.9 Å². The number of aromatic carboxylic acids is 1. The lowest BCUT2D eigenvalue weighted by Gasteiger charge is -2.21. The minimum Gasteiger partial charge on any atom is -0.492 e. The third kappa shape index (κ3) is 3.94. The highest BCUT2D eigenvalue weighted by Crippen LogP contribution is 2.22. The molecule has 0 heterocycles. The van der Waals surface area contributed by atoms with Crippen LogP contribution in [-0.4, -0.2) is 30.8 Å². The molecule has 1 aromatic carbocycles. The molecule has 19 heavy (non-hydrogen) atoms. The fourth-order valence-corrected chi connectivity index (χ4v) is 1.37. The zero-order valence-electron chi connectivity index (χ0n) is 10.9. The third-order valence-corrected chi connectivity index (χ3v) is 2.46. The molecular formula is C13H15FO5. The number of esters is 1. The standard InChI is InChI=1S/C13H15FO5/c1-13(2,12(17)18-3)7-19-10-5-8(11(15)16)4-9(14)6-10/h4-6H,7H2,1-3H3,(H,15,16). The molecule has 0 aromatic heterocycles. The van der Waals surface area contributed by atoms with Crippen molar-refractivity contribution in [1.29, 1.82) is 0 Å². The second-order valence-corrected chi connectivity index (χ2v) is 4.64. The fourth-order valence-electron chi connectivity index (χ4n) is 1.37. The molecule has 0 saturated heterocycles. The molecule has 0 aliphatic heterocycles. The Hall–Kier alpha value is -2.11. The number of hydrogen-bond donors (Lipinski definition) is 1. The zero-order chi connectivity index (χ0) is 14.6. The fraction of sp³-hybridized carbons (Fsp3) is 0.385. The highest BCUT2D eigenvalue weighted by atomic mass is 19.1. The summed E-state index contributed by atoms with van der Waals surface area (Å²) in [7, 11) is 1.26. The van der Waals surface area contributed by atoms with Crippen LogP contribution in [0, 0.1) is 11.2 Å². The second-order valence-electron chi connectivity index (χ2n) is 4.64. The van der Waals surface area contributed by atoms with Crippen LogP contribution in [0.25, 0.3) is 0 Å². The predicted molar refractivity (Wildman–Crippen MR) is 64.7 cm³/mol. The molecule has 1 aromatic rings. The Bertz CT molecular complexity index is 496. The molecule has 0 atom stereocenters. The summed E-state index contributed by atoms with van der Waals surface area (Å²) in [6.07, 6.45) is 0. The lowest BCUT2D eigenvalue weighted by molar-refractivity contribution is -0.152. The van der Waals surface area contributed by atoms with Gasteiger partial charge in [-0.2, -0.15) is 0 Å². The summed E-state index contributed by atoms with van der Waals surface area (Å²) < 4.78 is 23.1. The number of halogens is 1. The lowest BCUT2D eigenvalue weighted by atomic mass is 9.95. The maximum Gasteiger partial charge on any atom is 0.335 e. The minimum atomic E-state index is -1.25. The first-order valence-corrected chi connectivity index (χ1v) is 5.51. The number of rotatable bonds is 5. The van der Waals surface area contributed by atoms with E-state index in [0.29, 0.717) is 0 Å². The maximum atomic E-state index is 13.2. The van der Waals surface area contributed by atoms with E-state index in [2.05, 4.69) is 4.74 Å². The van der Waals surface area contributed by atoms with Crippen molar-refractivity contribution in [1.82, 2.24) is 0 Å². The van der Waals surface area contributed by atoms with Crippen LogP contribution in [0.5, 0.6) is 5.75 Å². The van der Waals surface area contributed by atoms with Gasteiger partial charge in [-0.3, -0.25) is 4.79 Å². The van der Waals surface area contributed by atoms with E-state index >= 15 is 0 Å². The van der Waals surface area contributed by atoms with Gasteiger partial charge in [0.05, 0.1) is 18.1 Å². The van der Waals surface area contributed by atoms with Crippen LogP contribution >= 0.6 is 0 Å². The topological polar surface area (TPSA) is 72.8 Å². The Balaban J connectivity index is 2.83. The van der Waals surface area contributed by atoms with Crippen LogP contribution in [0.15, 0.2) is 18.2 Å². The third-order valence-electron chi connectivity index (χ3n) is 2.46. The van der Waals surface area contributed by atoms with Crippen molar-refractivity contribution in [3.63, 3.8) is 0 Å². The molecule has 104 valence electrons. The second kappa shape index (κ2) is 5.69. The number of carbonyl (C=O) groups is 2. The number of carbonyl (C=O) groups excluding carboxylic acids is 1. The zero-order valence-corrected chi connectivity index (χ0v) is 10.9. The van der Waals surface area contributed by atoms with Gasteiger partial charge in [-0.05, 0) is 26.0 Å². The minimum absolute atomic E-state index is 0.0504. The Labute approximate surface area is 109 Å². The molecule has 0 amide bonds. The lowest BCUT2D eigenvalue weighted by Crippen LogP contribution is -2.32. The molecule has 0 aliphatic rings. The summed E-state index contributed by atoms with van der Waals surface area (Å²) in [5, 5.41) is 8.79. The van der Waals surface area contributed by atoms with Crippen molar-refractivity contribution < 1.29 is 28.6 Å². The van der Waals surface area contributed by atoms with Gasteiger partial charge in [-0.1, -0.05) is 0 Å². The van der Waals surface area contributed by atoms with Crippen LogP contribution < -0.4 is 4.74 Å². The van der Waals surface area contributed by atoms with E-state index in [1.54, 1.807) is 13.8 Å². The number of methoxy groups -OCH3 is 1. The van der Waals surface area contributed by atoms with Gasteiger partial charge in [0.25, 0.3) is 0 Å². The molecule has 6 heteroatoms. The van der Waals surface area contributed by atoms with E-state index < -0.39 is 23.2 Å². The molecule has 1 rings (SSSR count). The first-order chi connectivity index (χ1) is 8.76. The van der Waals surface area contributed by atoms with Crippen molar-refractivity contribution in [3.8, 4) is 5.75 Å². The number of benzene rings is 1. The van der Waals surface area contributed by atoms with Crippen molar-refractivity contribution >= 4 is 11.9 Å². The average Bonchev–Trinajstić information content (AvgIpc) is 2.34. The average molecular weight is 270 g/mol. The number of hydrogen-bond acceptors (Lipinski definition) is 4. The van der Waals surface area contributed by atoms with Crippen LogP contribution in [0.1, 0.15) is 24.2 Å². The molecule has 0 spiro atoms. The van der Waals surface area contributed by atoms with E-state index in [1.807, 2.05) is 0 Å². The highest BCUT2D eigenvalue weighted by Gasteiger charge is 2.29. The van der Waals surface area contributed by atoms with Gasteiger partial charge in [0.1, 0.15) is 18.2 Å². The summed E-state index contributed by atoms with van der Waals surface area (Å²) in [5.74, 6) is -2.39. The van der Waals surface area contributed by atoms with Gasteiger partial charge in [0.2, 0.25) is 0 Å². The van der Waals surface area contributed by atoms with Crippen LogP contribution in [-0.2, 0) is 9.53 Å². The molecule has 0 aliphatic carbocycles. The number of carboxylic acid groups (broad SMARTS) is 1. The van der Waals surface area contributed by atoms with Crippen molar-refractivity contribution in [3.05, 3.63) is 29.6 Å². The first kappa shape index (κ1) is 14.9. The van der Waals surface area contributed by atoms with E-state index in [9.17, 15) is 14.0 Å². The largest absolute Gasteiger partial charge is 0.492 e. The van der Waals surface area contributed by atoms with Gasteiger partial charge >= 0.3 is 11.9 Å². The Morgan fingerprint density at radius 3 is 2.47 bits per heavy atom. The summed E-state index contributed by atoms with van der Waals surface area (Å²) >= 11 is 0. The van der Waals surface area contributed by atoms with Gasteiger partial charge in [-0.25, -0.2) is 9.18 Å². The van der Waals surface area contributed by atoms with Crippen molar-refractivity contribution in [2.75, 3.05) is 13.7 Å². The normalized spacial score (nSPS) is 10.9. The van der Waals surface area contributed by atoms with Gasteiger partial charge in [-0.15, -0.1) is 0 Å². The summed E-state index contributed by atoms with van der Waals surface area (Å²) in [6.45, 7) is 3.16. The van der Waals surface area contributed by atoms with E-state index in [4.69, 9.17) is 9.84 Å². The molecule has 1 N–H and O–H groups in total. The van der Waals surface area contributed by atoms with Gasteiger partial charge in [0.15, 0.2) is 0 Å². The van der Waals surface area contributed by atoms with E-state index in [0.717, 1.165) is 12.1 Å². The smallest absolute Gasteiger partial charge is 0.335 e. The quantitative estimate of drug-likeness (QED) is 0.829. The van der Waals surface area contributed by atoms with E-state index in [1.165, 1.54) is 13.2 Å². The van der Waals surface area contributed by atoms with Crippen LogP contribution in [0.3, 0.4) is 0 Å². The molecule has 0 unspecified atom stereocenters. The first-order valence-electron chi connectivity index (χ1n) is 5.51. The highest BCUT2D eigenvalue weighted by molar-refractivity contribution is 5.88. The predicted octanol–water partition coefficient (Wildman–Crippen LogP) is 2.10. The summed E-state index contributed by atoms with van der Waals surface area (Å²) in [6, 6.07) is 3.14. The Kier molecular flexibility index (Phi) is 4.47. The number of carboxylic acids is 1. The molecule has 0 radical (unpaired) electrons. The summed E-state index contributed by atoms with van der Waals surface area (Å²) in [4.78, 5) is 22.2. The Morgan fingerprint density at radius 2 is 1.95 bits per heavy atom. The van der Waals surface area contributed by atoms with Crippen molar-refractivity contribution in [2.45, 2.75) is 13.8 Å². The van der Waals surface area contributed by atoms with Gasteiger partial charge in [0, 0.05) is 6.07 Å². The molecule has 0 fully saturated rings. The molecular weight excluding hydrogens is 255 g/mol. The summed E-state index contributed by atoms with van der Waals surface area (Å²) in [5.41, 5.74) is -1.13. The maximum absolute atomic E-state index is 13.2. The Morgan fingerprint density at radius 1 is 1.32 bits per heavy atom. The molecule has 5 nitrogen and oxygen atoms in total.